The Balaban J connectivity index is 2.30. The number of nitrogens with zero attached hydrogens (tertiary/aromatic N) is 2. The SMILES string of the molecule is O=C(O)c1nc2c(C(F)(F)F)cc(C3=CCCCO3)cn2c1Cl. The monoisotopic (exact) mass is 346 g/mol. The minimum atomic E-state index is -4.71. The van der Waals surface area contributed by atoms with Gasteiger partial charge < -0.3 is 9.84 Å². The summed E-state index contributed by atoms with van der Waals surface area (Å²) in [6.07, 6.45) is -0.256. The lowest BCUT2D eigenvalue weighted by atomic mass is 10.1. The zero-order valence-electron chi connectivity index (χ0n) is 11.5. The molecule has 0 fully saturated rings. The van der Waals surface area contributed by atoms with Gasteiger partial charge in [0.15, 0.2) is 11.3 Å². The van der Waals surface area contributed by atoms with Gasteiger partial charge in [-0.1, -0.05) is 11.6 Å². The molecule has 0 atom stereocenters. The molecule has 5 nitrogen and oxygen atoms in total. The van der Waals surface area contributed by atoms with Crippen molar-refractivity contribution in [1.29, 1.82) is 0 Å². The van der Waals surface area contributed by atoms with Crippen molar-refractivity contribution in [3.05, 3.63) is 40.3 Å². The number of carboxylic acids is 1. The first-order valence-electron chi connectivity index (χ1n) is 6.64. The van der Waals surface area contributed by atoms with Gasteiger partial charge in [0.25, 0.3) is 0 Å². The summed E-state index contributed by atoms with van der Waals surface area (Å²) < 4.78 is 46.2. The van der Waals surface area contributed by atoms with Gasteiger partial charge in [0, 0.05) is 11.8 Å². The van der Waals surface area contributed by atoms with E-state index >= 15 is 0 Å². The third kappa shape index (κ3) is 2.74. The average Bonchev–Trinajstić information content (AvgIpc) is 2.84. The highest BCUT2D eigenvalue weighted by Crippen LogP contribution is 2.36. The highest BCUT2D eigenvalue weighted by atomic mass is 35.5. The number of carbonyl (C=O) groups is 1. The van der Waals surface area contributed by atoms with E-state index in [-0.39, 0.29) is 5.56 Å². The second kappa shape index (κ2) is 5.45. The summed E-state index contributed by atoms with van der Waals surface area (Å²) in [5.74, 6) is -1.19. The van der Waals surface area contributed by atoms with Crippen LogP contribution in [0.1, 0.15) is 34.5 Å². The fourth-order valence-corrected chi connectivity index (χ4v) is 2.61. The van der Waals surface area contributed by atoms with Crippen molar-refractivity contribution >= 4 is 29.0 Å². The predicted molar refractivity (Wildman–Crippen MR) is 75.3 cm³/mol. The van der Waals surface area contributed by atoms with Crippen molar-refractivity contribution in [3.63, 3.8) is 0 Å². The van der Waals surface area contributed by atoms with Crippen LogP contribution in [-0.4, -0.2) is 27.1 Å². The molecular formula is C14H10ClF3N2O3. The van der Waals surface area contributed by atoms with Crippen LogP contribution in [0.15, 0.2) is 18.3 Å². The van der Waals surface area contributed by atoms with Crippen LogP contribution in [0.25, 0.3) is 11.4 Å². The van der Waals surface area contributed by atoms with Gasteiger partial charge in [0.2, 0.25) is 0 Å². The molecule has 0 bridgehead atoms. The number of aromatic nitrogens is 2. The molecule has 0 radical (unpaired) electrons. The lowest BCUT2D eigenvalue weighted by molar-refractivity contribution is -0.136. The van der Waals surface area contributed by atoms with Crippen molar-refractivity contribution < 1.29 is 27.8 Å². The molecule has 2 aromatic heterocycles. The van der Waals surface area contributed by atoms with Gasteiger partial charge in [-0.05, 0) is 25.0 Å². The molecule has 3 rings (SSSR count). The van der Waals surface area contributed by atoms with Crippen molar-refractivity contribution in [3.8, 4) is 0 Å². The Morgan fingerprint density at radius 1 is 1.43 bits per heavy atom. The van der Waals surface area contributed by atoms with Crippen LogP contribution < -0.4 is 0 Å². The van der Waals surface area contributed by atoms with Crippen LogP contribution in [0.3, 0.4) is 0 Å². The molecule has 0 aromatic carbocycles. The maximum absolute atomic E-state index is 13.3. The summed E-state index contributed by atoms with van der Waals surface area (Å²) in [7, 11) is 0. The first-order valence-corrected chi connectivity index (χ1v) is 7.02. The van der Waals surface area contributed by atoms with E-state index in [2.05, 4.69) is 4.98 Å². The molecule has 2 aromatic rings. The second-order valence-corrected chi connectivity index (χ2v) is 5.31. The normalized spacial score (nSPS) is 15.4. The smallest absolute Gasteiger partial charge is 0.420 e. The van der Waals surface area contributed by atoms with Crippen LogP contribution >= 0.6 is 11.6 Å². The quantitative estimate of drug-likeness (QED) is 0.897. The van der Waals surface area contributed by atoms with Gasteiger partial charge in [-0.15, -0.1) is 0 Å². The average molecular weight is 347 g/mol. The van der Waals surface area contributed by atoms with Crippen molar-refractivity contribution in [2.75, 3.05) is 6.61 Å². The van der Waals surface area contributed by atoms with Gasteiger partial charge in [0.1, 0.15) is 10.9 Å². The molecule has 0 amide bonds. The lowest BCUT2D eigenvalue weighted by Gasteiger charge is -2.17. The van der Waals surface area contributed by atoms with Gasteiger partial charge >= 0.3 is 12.1 Å². The Kier molecular flexibility index (Phi) is 3.71. The first-order chi connectivity index (χ1) is 10.8. The van der Waals surface area contributed by atoms with Gasteiger partial charge in [0.05, 0.1) is 12.2 Å². The fourth-order valence-electron chi connectivity index (χ4n) is 2.36. The zero-order chi connectivity index (χ0) is 16.8. The van der Waals surface area contributed by atoms with E-state index in [0.29, 0.717) is 18.8 Å². The fraction of sp³-hybridized carbons (Fsp3) is 0.286. The van der Waals surface area contributed by atoms with Crippen molar-refractivity contribution in [2.45, 2.75) is 19.0 Å². The van der Waals surface area contributed by atoms with Gasteiger partial charge in [-0.2, -0.15) is 13.2 Å². The van der Waals surface area contributed by atoms with Crippen LogP contribution in [0.2, 0.25) is 5.15 Å². The van der Waals surface area contributed by atoms with E-state index in [0.717, 1.165) is 16.9 Å². The number of imidazole rings is 1. The highest BCUT2D eigenvalue weighted by molar-refractivity contribution is 6.32. The summed E-state index contributed by atoms with van der Waals surface area (Å²) in [6, 6.07) is 0.890. The van der Waals surface area contributed by atoms with E-state index in [1.54, 1.807) is 6.08 Å². The van der Waals surface area contributed by atoms with E-state index in [1.165, 1.54) is 6.20 Å². The van der Waals surface area contributed by atoms with E-state index in [9.17, 15) is 18.0 Å². The third-order valence-corrected chi connectivity index (χ3v) is 3.75. The standard InChI is InChI=1S/C14H10ClF3N2O3/c15-11-10(13(21)22)19-12-8(14(16,17)18)5-7(6-20(11)12)9-3-1-2-4-23-9/h3,5-6H,1-2,4H2,(H,21,22). The number of pyridine rings is 1. The second-order valence-electron chi connectivity index (χ2n) is 4.95. The minimum Gasteiger partial charge on any atom is -0.493 e. The molecule has 9 heteroatoms. The number of alkyl halides is 3. The number of fused-ring (bicyclic) bond motifs is 1. The van der Waals surface area contributed by atoms with Crippen LogP contribution in [0, 0.1) is 0 Å². The number of aromatic carboxylic acids is 1. The number of ether oxygens (including phenoxy) is 1. The topological polar surface area (TPSA) is 63.8 Å². The van der Waals surface area contributed by atoms with E-state index in [1.807, 2.05) is 0 Å². The Morgan fingerprint density at radius 2 is 2.17 bits per heavy atom. The number of rotatable bonds is 2. The largest absolute Gasteiger partial charge is 0.493 e. The zero-order valence-corrected chi connectivity index (χ0v) is 12.3. The number of carboxylic acid groups (broad SMARTS) is 1. The molecule has 1 aliphatic rings. The number of hydrogen-bond acceptors (Lipinski definition) is 3. The first kappa shape index (κ1) is 15.7. The van der Waals surface area contributed by atoms with Crippen LogP contribution in [0.5, 0.6) is 0 Å². The Bertz CT molecular complexity index is 827. The van der Waals surface area contributed by atoms with Gasteiger partial charge in [-0.3, -0.25) is 4.40 Å². The maximum atomic E-state index is 13.3. The summed E-state index contributed by atoms with van der Waals surface area (Å²) in [6.45, 7) is 0.406. The molecule has 0 unspecified atom stereocenters. The van der Waals surface area contributed by atoms with Crippen molar-refractivity contribution in [2.24, 2.45) is 0 Å². The molecular weight excluding hydrogens is 337 g/mol. The Hall–Kier alpha value is -2.22. The molecule has 0 spiro atoms. The lowest BCUT2D eigenvalue weighted by Crippen LogP contribution is -2.10. The number of halogens is 4. The summed E-state index contributed by atoms with van der Waals surface area (Å²) >= 11 is 5.88. The van der Waals surface area contributed by atoms with E-state index < -0.39 is 34.2 Å². The molecule has 1 aliphatic heterocycles. The molecule has 0 aliphatic carbocycles. The molecule has 3 heterocycles. The summed E-state index contributed by atoms with van der Waals surface area (Å²) in [5, 5.41) is 8.61. The molecule has 1 N–H and O–H groups in total. The summed E-state index contributed by atoms with van der Waals surface area (Å²) in [4.78, 5) is 14.6. The van der Waals surface area contributed by atoms with E-state index in [4.69, 9.17) is 21.4 Å². The Morgan fingerprint density at radius 3 is 2.74 bits per heavy atom. The highest BCUT2D eigenvalue weighted by Gasteiger charge is 2.36. The maximum Gasteiger partial charge on any atom is 0.420 e. The van der Waals surface area contributed by atoms with Gasteiger partial charge in [-0.25, -0.2) is 9.78 Å². The van der Waals surface area contributed by atoms with Crippen LogP contribution in [0.4, 0.5) is 13.2 Å². The third-order valence-electron chi connectivity index (χ3n) is 3.39. The number of allylic oxidation sites excluding steroid dienone is 1. The molecule has 0 saturated heterocycles. The van der Waals surface area contributed by atoms with Crippen LogP contribution in [-0.2, 0) is 10.9 Å². The molecule has 0 saturated carbocycles. The number of hydrogen-bond donors (Lipinski definition) is 1. The minimum absolute atomic E-state index is 0.167. The predicted octanol–water partition coefficient (Wildman–Crippen LogP) is 3.86. The Labute approximate surface area is 132 Å². The van der Waals surface area contributed by atoms with Crippen molar-refractivity contribution in [1.82, 2.24) is 9.38 Å². The molecule has 122 valence electrons. The molecule has 23 heavy (non-hydrogen) atoms. The summed E-state index contributed by atoms with van der Waals surface area (Å²) in [5.41, 5.74) is -2.09.